The number of halogens is 1. The first-order valence-electron chi connectivity index (χ1n) is 16.6. The first-order chi connectivity index (χ1) is 22.4. The van der Waals surface area contributed by atoms with Crippen LogP contribution in [-0.2, 0) is 16.1 Å². The highest BCUT2D eigenvalue weighted by atomic mass is 19.1. The molecule has 0 radical (unpaired) electrons. The third-order valence-electron chi connectivity index (χ3n) is 9.65. The molecule has 6 rings (SSSR count). The van der Waals surface area contributed by atoms with Gasteiger partial charge < -0.3 is 30.4 Å². The van der Waals surface area contributed by atoms with Gasteiger partial charge in [0.15, 0.2) is 0 Å². The van der Waals surface area contributed by atoms with E-state index in [2.05, 4.69) is 15.6 Å². The minimum absolute atomic E-state index is 0.0487. The zero-order valence-electron chi connectivity index (χ0n) is 27.2. The number of rotatable bonds is 8. The van der Waals surface area contributed by atoms with Crippen LogP contribution in [-0.4, -0.2) is 57.1 Å². The maximum absolute atomic E-state index is 15.8. The number of aromatic nitrogens is 1. The van der Waals surface area contributed by atoms with Gasteiger partial charge in [-0.3, -0.25) is 9.59 Å². The van der Waals surface area contributed by atoms with Crippen LogP contribution in [0.1, 0.15) is 110 Å². The van der Waals surface area contributed by atoms with Crippen LogP contribution < -0.4 is 10.6 Å². The molecule has 1 aliphatic heterocycles. The van der Waals surface area contributed by atoms with E-state index in [9.17, 15) is 24.3 Å². The summed E-state index contributed by atoms with van der Waals surface area (Å²) in [6, 6.07) is 8.80. The maximum atomic E-state index is 15.8. The number of carbonyl (C=O) groups excluding carboxylic acids is 3. The van der Waals surface area contributed by atoms with Crippen molar-refractivity contribution in [2.45, 2.75) is 96.2 Å². The lowest BCUT2D eigenvalue weighted by Gasteiger charge is -2.33. The van der Waals surface area contributed by atoms with Gasteiger partial charge in [-0.15, -0.1) is 0 Å². The van der Waals surface area contributed by atoms with Crippen molar-refractivity contribution >= 4 is 40.5 Å². The molecule has 10 nitrogen and oxygen atoms in total. The predicted molar refractivity (Wildman–Crippen MR) is 175 cm³/mol. The third kappa shape index (κ3) is 7.29. The van der Waals surface area contributed by atoms with Crippen LogP contribution in [0.25, 0.3) is 10.9 Å². The monoisotopic (exact) mass is 646 g/mol. The number of carboxylic acids is 1. The summed E-state index contributed by atoms with van der Waals surface area (Å²) in [5, 5.41) is 15.7. The molecule has 11 heteroatoms. The number of nitrogens with one attached hydrogen (secondary N) is 3. The number of nitrogens with zero attached hydrogens (tertiary/aromatic N) is 1. The highest BCUT2D eigenvalue weighted by molar-refractivity contribution is 6.03. The Morgan fingerprint density at radius 1 is 1.00 bits per heavy atom. The summed E-state index contributed by atoms with van der Waals surface area (Å²) < 4.78 is 21.1. The lowest BCUT2D eigenvalue weighted by molar-refractivity contribution is -0.121. The molecule has 0 unspecified atom stereocenters. The van der Waals surface area contributed by atoms with Crippen LogP contribution in [0, 0.1) is 17.7 Å². The van der Waals surface area contributed by atoms with Gasteiger partial charge in [-0.1, -0.05) is 32.1 Å². The Morgan fingerprint density at radius 3 is 2.43 bits per heavy atom. The maximum Gasteiger partial charge on any atom is 0.407 e. The number of likely N-dealkylation sites (tertiary alicyclic amines) is 1. The second-order valence-corrected chi connectivity index (χ2v) is 14.2. The molecule has 3 aliphatic rings. The average Bonchev–Trinajstić information content (AvgIpc) is 3.61. The summed E-state index contributed by atoms with van der Waals surface area (Å²) >= 11 is 0. The van der Waals surface area contributed by atoms with Crippen molar-refractivity contribution < 1.29 is 33.4 Å². The Morgan fingerprint density at radius 2 is 1.74 bits per heavy atom. The van der Waals surface area contributed by atoms with Gasteiger partial charge in [0.2, 0.25) is 5.91 Å². The number of fused-ring (bicyclic) bond motifs is 1. The number of carboxylic acid groups (broad SMARTS) is 1. The first kappa shape index (κ1) is 32.5. The molecule has 47 heavy (non-hydrogen) atoms. The zero-order valence-corrected chi connectivity index (χ0v) is 27.2. The van der Waals surface area contributed by atoms with Crippen LogP contribution >= 0.6 is 0 Å². The van der Waals surface area contributed by atoms with Gasteiger partial charge in [0.05, 0.1) is 5.56 Å². The average molecular weight is 647 g/mol. The van der Waals surface area contributed by atoms with E-state index in [0.717, 1.165) is 50.5 Å². The molecule has 4 N–H and O–H groups in total. The second kappa shape index (κ2) is 13.0. The molecule has 2 aliphatic carbocycles. The molecule has 3 fully saturated rings. The minimum Gasteiger partial charge on any atom is -0.477 e. The number of aromatic amines is 1. The molecule has 1 aromatic heterocycles. The topological polar surface area (TPSA) is 141 Å². The van der Waals surface area contributed by atoms with Crippen LogP contribution in [0.5, 0.6) is 0 Å². The molecule has 2 saturated carbocycles. The van der Waals surface area contributed by atoms with E-state index < -0.39 is 35.4 Å². The summed E-state index contributed by atoms with van der Waals surface area (Å²) in [6.07, 6.45) is 7.18. The zero-order chi connectivity index (χ0) is 33.5. The standard InChI is InChI=1S/C36H43FN4O6/c1-36(2,3)47-35(46)38-19-23-16-28(37)27(18-26(23)21-9-10-21)33(43)41-14-13-25(20-7-5-4-6-8-20)31(41)32(42)39-24-11-12-29-22(15-24)17-30(40-29)34(44)45/h11-12,15-18,20-21,25,31,40H,4-10,13-14,19H2,1-3H3,(H,38,46)(H,39,42)(H,44,45)/t25-,31-/m0/s1. The van der Waals surface area contributed by atoms with E-state index in [-0.39, 0.29) is 41.5 Å². The summed E-state index contributed by atoms with van der Waals surface area (Å²) in [4.78, 5) is 56.4. The van der Waals surface area contributed by atoms with E-state index in [1.807, 2.05) is 0 Å². The molecule has 250 valence electrons. The molecule has 1 saturated heterocycles. The molecule has 3 aromatic rings. The summed E-state index contributed by atoms with van der Waals surface area (Å²) in [6.45, 7) is 5.72. The Bertz CT molecular complexity index is 1700. The fraction of sp³-hybridized carbons (Fsp3) is 0.500. The summed E-state index contributed by atoms with van der Waals surface area (Å²) in [5.41, 5.74) is 1.87. The quantitative estimate of drug-likeness (QED) is 0.209. The summed E-state index contributed by atoms with van der Waals surface area (Å²) in [7, 11) is 0. The molecule has 0 spiro atoms. The molecule has 2 atom stereocenters. The van der Waals surface area contributed by atoms with Crippen molar-refractivity contribution in [3.05, 3.63) is 64.6 Å². The second-order valence-electron chi connectivity index (χ2n) is 14.2. The fourth-order valence-corrected chi connectivity index (χ4v) is 7.34. The van der Waals surface area contributed by atoms with E-state index >= 15 is 4.39 Å². The number of anilines is 1. The first-order valence-corrected chi connectivity index (χ1v) is 16.6. The summed E-state index contributed by atoms with van der Waals surface area (Å²) in [5.74, 6) is -2.20. The van der Waals surface area contributed by atoms with Gasteiger partial charge in [0.1, 0.15) is 23.2 Å². The number of benzene rings is 2. The van der Waals surface area contributed by atoms with Crippen LogP contribution in [0.3, 0.4) is 0 Å². The Balaban J connectivity index is 1.26. The number of carbonyl (C=O) groups is 4. The number of hydrogen-bond acceptors (Lipinski definition) is 5. The van der Waals surface area contributed by atoms with Crippen LogP contribution in [0.2, 0.25) is 0 Å². The third-order valence-corrected chi connectivity index (χ3v) is 9.65. The lowest BCUT2D eigenvalue weighted by atomic mass is 9.76. The van der Waals surface area contributed by atoms with Crippen molar-refractivity contribution in [3.63, 3.8) is 0 Å². The highest BCUT2D eigenvalue weighted by Crippen LogP contribution is 2.44. The molecule has 2 heterocycles. The number of alkyl carbamates (subject to hydrolysis) is 1. The Hall–Kier alpha value is -4.41. The predicted octanol–water partition coefficient (Wildman–Crippen LogP) is 6.96. The normalized spacial score (nSPS) is 20.3. The van der Waals surface area contributed by atoms with Gasteiger partial charge in [-0.05, 0) is 105 Å². The van der Waals surface area contributed by atoms with Crippen molar-refractivity contribution in [2.24, 2.45) is 11.8 Å². The van der Waals surface area contributed by atoms with Crippen molar-refractivity contribution in [1.82, 2.24) is 15.2 Å². The number of amides is 3. The van der Waals surface area contributed by atoms with E-state index in [1.54, 1.807) is 49.9 Å². The van der Waals surface area contributed by atoms with E-state index in [0.29, 0.717) is 35.1 Å². The number of aromatic carboxylic acids is 1. The Kier molecular flexibility index (Phi) is 9.00. The van der Waals surface area contributed by atoms with Crippen molar-refractivity contribution in [2.75, 3.05) is 11.9 Å². The van der Waals surface area contributed by atoms with Gasteiger partial charge in [0.25, 0.3) is 5.91 Å². The molecule has 3 amide bonds. The van der Waals surface area contributed by atoms with Crippen LogP contribution in [0.4, 0.5) is 14.9 Å². The number of hydrogen-bond donors (Lipinski definition) is 4. The van der Waals surface area contributed by atoms with Gasteiger partial charge in [-0.25, -0.2) is 14.0 Å². The molecular weight excluding hydrogens is 603 g/mol. The van der Waals surface area contributed by atoms with Crippen molar-refractivity contribution in [3.8, 4) is 0 Å². The molecule has 2 aromatic carbocycles. The number of ether oxygens (including phenoxy) is 1. The molecule has 0 bridgehead atoms. The van der Waals surface area contributed by atoms with E-state index in [1.165, 1.54) is 12.1 Å². The highest BCUT2D eigenvalue weighted by Gasteiger charge is 2.46. The van der Waals surface area contributed by atoms with Crippen molar-refractivity contribution in [1.29, 1.82) is 0 Å². The molecular formula is C36H43FN4O6. The number of H-pyrrole nitrogens is 1. The van der Waals surface area contributed by atoms with E-state index in [4.69, 9.17) is 4.74 Å². The van der Waals surface area contributed by atoms with Gasteiger partial charge in [-0.2, -0.15) is 0 Å². The largest absolute Gasteiger partial charge is 0.477 e. The fourth-order valence-electron chi connectivity index (χ4n) is 7.34. The lowest BCUT2D eigenvalue weighted by Crippen LogP contribution is -2.47. The smallest absolute Gasteiger partial charge is 0.407 e. The van der Waals surface area contributed by atoms with Gasteiger partial charge >= 0.3 is 12.1 Å². The van der Waals surface area contributed by atoms with Crippen LogP contribution in [0.15, 0.2) is 36.4 Å². The SMILES string of the molecule is CC(C)(C)OC(=O)NCc1cc(F)c(C(=O)N2CC[C@@H](C3CCCCC3)[C@H]2C(=O)Nc2ccc3[nH]c(C(=O)O)cc3c2)cc1C1CC1. The Labute approximate surface area is 273 Å². The minimum atomic E-state index is -1.08. The van der Waals surface area contributed by atoms with Gasteiger partial charge in [0, 0.05) is 29.7 Å².